The van der Waals surface area contributed by atoms with Crippen molar-refractivity contribution in [3.05, 3.63) is 15.8 Å². The van der Waals surface area contributed by atoms with Crippen LogP contribution in [-0.2, 0) is 11.8 Å². The van der Waals surface area contributed by atoms with Crippen LogP contribution in [0.4, 0.5) is 11.5 Å². The molecule has 108 valence electrons. The summed E-state index contributed by atoms with van der Waals surface area (Å²) < 4.78 is 6.79. The first-order valence-electron chi connectivity index (χ1n) is 6.43. The Bertz CT molecular complexity index is 560. The van der Waals surface area contributed by atoms with E-state index in [1.165, 1.54) is 4.68 Å². The molecule has 0 spiro atoms. The molecule has 1 fully saturated rings. The summed E-state index contributed by atoms with van der Waals surface area (Å²) in [4.78, 5) is 12.8. The van der Waals surface area contributed by atoms with E-state index < -0.39 is 11.0 Å². The Balaban J connectivity index is 2.45. The predicted octanol–water partition coefficient (Wildman–Crippen LogP) is 1.18. The highest BCUT2D eigenvalue weighted by Crippen LogP contribution is 2.35. The summed E-state index contributed by atoms with van der Waals surface area (Å²) in [6.07, 6.45) is -0.569. The Hall–Kier alpha value is -2.14. The molecule has 1 aromatic heterocycles. The molecule has 0 aliphatic carbocycles. The quantitative estimate of drug-likeness (QED) is 0.608. The normalized spacial score (nSPS) is 19.1. The Morgan fingerprint density at radius 3 is 2.85 bits per heavy atom. The molecule has 0 radical (unpaired) electrons. The van der Waals surface area contributed by atoms with Crippen molar-refractivity contribution >= 4 is 11.5 Å². The molecule has 1 unspecified atom stereocenters. The molecular formula is C12H17N5O3. The monoisotopic (exact) mass is 279 g/mol. The van der Waals surface area contributed by atoms with Gasteiger partial charge in [0.1, 0.15) is 5.69 Å². The average molecular weight is 279 g/mol. The third-order valence-electron chi connectivity index (χ3n) is 3.26. The van der Waals surface area contributed by atoms with Gasteiger partial charge in [-0.15, -0.1) is 0 Å². The van der Waals surface area contributed by atoms with Gasteiger partial charge in [0.05, 0.1) is 24.1 Å². The van der Waals surface area contributed by atoms with Gasteiger partial charge in [0.15, 0.2) is 6.10 Å². The van der Waals surface area contributed by atoms with Gasteiger partial charge in [-0.2, -0.15) is 10.4 Å². The van der Waals surface area contributed by atoms with Crippen LogP contribution in [-0.4, -0.2) is 40.5 Å². The van der Waals surface area contributed by atoms with Gasteiger partial charge in [-0.3, -0.25) is 10.1 Å². The van der Waals surface area contributed by atoms with Crippen molar-refractivity contribution in [2.45, 2.75) is 25.9 Å². The number of aromatic nitrogens is 2. The van der Waals surface area contributed by atoms with Crippen molar-refractivity contribution in [1.82, 2.24) is 9.78 Å². The Morgan fingerprint density at radius 1 is 1.60 bits per heavy atom. The summed E-state index contributed by atoms with van der Waals surface area (Å²) in [5.41, 5.74) is 0.494. The van der Waals surface area contributed by atoms with E-state index in [9.17, 15) is 10.1 Å². The number of morpholine rings is 1. The zero-order valence-corrected chi connectivity index (χ0v) is 11.7. The van der Waals surface area contributed by atoms with Crippen LogP contribution in [0.2, 0.25) is 0 Å². The second kappa shape index (κ2) is 5.46. The van der Waals surface area contributed by atoms with E-state index >= 15 is 0 Å². The fourth-order valence-electron chi connectivity index (χ4n) is 2.36. The number of nitrogens with zero attached hydrogens (tertiary/aromatic N) is 5. The molecule has 0 bridgehead atoms. The summed E-state index contributed by atoms with van der Waals surface area (Å²) in [5.74, 6) is 0.408. The van der Waals surface area contributed by atoms with Crippen LogP contribution in [0, 0.1) is 21.4 Å². The summed E-state index contributed by atoms with van der Waals surface area (Å²) in [6, 6.07) is 2.04. The molecule has 0 amide bonds. The van der Waals surface area contributed by atoms with Gasteiger partial charge in [-0.25, -0.2) is 4.68 Å². The van der Waals surface area contributed by atoms with Crippen molar-refractivity contribution in [3.63, 3.8) is 0 Å². The van der Waals surface area contributed by atoms with Gasteiger partial charge < -0.3 is 9.64 Å². The van der Waals surface area contributed by atoms with Gasteiger partial charge in [-0.05, 0) is 0 Å². The summed E-state index contributed by atoms with van der Waals surface area (Å²) >= 11 is 0. The second-order valence-corrected chi connectivity index (χ2v) is 5.03. The number of hydrogen-bond acceptors (Lipinski definition) is 6. The Kier molecular flexibility index (Phi) is 3.90. The zero-order valence-electron chi connectivity index (χ0n) is 11.7. The molecule has 8 nitrogen and oxygen atoms in total. The number of nitro groups is 1. The van der Waals surface area contributed by atoms with Crippen LogP contribution in [0.5, 0.6) is 0 Å². The first-order chi connectivity index (χ1) is 9.45. The number of nitriles is 1. The second-order valence-electron chi connectivity index (χ2n) is 5.03. The predicted molar refractivity (Wildman–Crippen MR) is 71.5 cm³/mol. The maximum atomic E-state index is 11.4. The molecule has 1 saturated heterocycles. The number of ether oxygens (including phenoxy) is 1. The number of hydrogen-bond donors (Lipinski definition) is 0. The molecule has 2 heterocycles. The van der Waals surface area contributed by atoms with E-state index in [1.54, 1.807) is 11.9 Å². The minimum Gasteiger partial charge on any atom is -0.360 e. The van der Waals surface area contributed by atoms with Crippen LogP contribution in [0.25, 0.3) is 0 Å². The third-order valence-corrected chi connectivity index (χ3v) is 3.26. The van der Waals surface area contributed by atoms with Crippen LogP contribution in [0.3, 0.4) is 0 Å². The molecule has 1 aromatic rings. The SMILES string of the molecule is CC(C)c1nn(C)c(N2CCOC(C#N)C2)c1[N+](=O)[O-]. The topological polar surface area (TPSA) is 97.2 Å². The van der Waals surface area contributed by atoms with E-state index in [-0.39, 0.29) is 11.6 Å². The van der Waals surface area contributed by atoms with E-state index in [2.05, 4.69) is 5.10 Å². The van der Waals surface area contributed by atoms with Gasteiger partial charge in [0.25, 0.3) is 0 Å². The van der Waals surface area contributed by atoms with Crippen LogP contribution >= 0.6 is 0 Å². The number of anilines is 1. The van der Waals surface area contributed by atoms with Crippen molar-refractivity contribution in [2.75, 3.05) is 24.6 Å². The third kappa shape index (κ3) is 2.44. The first kappa shape index (κ1) is 14.3. The lowest BCUT2D eigenvalue weighted by atomic mass is 10.1. The highest BCUT2D eigenvalue weighted by molar-refractivity contribution is 5.62. The maximum absolute atomic E-state index is 11.4. The largest absolute Gasteiger partial charge is 0.360 e. The zero-order chi connectivity index (χ0) is 14.9. The fraction of sp³-hybridized carbons (Fsp3) is 0.667. The first-order valence-corrected chi connectivity index (χ1v) is 6.43. The maximum Gasteiger partial charge on any atom is 0.334 e. The standard InChI is InChI=1S/C12H17N5O3/c1-8(2)10-11(17(18)19)12(15(3)14-10)16-4-5-20-9(6-13)7-16/h8-9H,4-5,7H2,1-3H3. The molecule has 1 aliphatic heterocycles. The van der Waals surface area contributed by atoms with Crippen LogP contribution in [0.1, 0.15) is 25.5 Å². The molecule has 0 N–H and O–H groups in total. The van der Waals surface area contributed by atoms with Gasteiger partial charge in [0.2, 0.25) is 5.82 Å². The molecule has 8 heteroatoms. The molecule has 1 atom stereocenters. The number of rotatable bonds is 3. The highest BCUT2D eigenvalue weighted by Gasteiger charge is 2.34. The molecule has 0 aromatic carbocycles. The fourth-order valence-corrected chi connectivity index (χ4v) is 2.36. The number of aryl methyl sites for hydroxylation is 1. The lowest BCUT2D eigenvalue weighted by Gasteiger charge is -2.30. The van der Waals surface area contributed by atoms with Gasteiger partial charge in [-0.1, -0.05) is 13.8 Å². The van der Waals surface area contributed by atoms with Gasteiger partial charge >= 0.3 is 5.69 Å². The Labute approximate surface area is 116 Å². The minimum atomic E-state index is -0.569. The molecule has 1 aliphatic rings. The van der Waals surface area contributed by atoms with Crippen molar-refractivity contribution < 1.29 is 9.66 Å². The molecular weight excluding hydrogens is 262 g/mol. The molecule has 0 saturated carbocycles. The van der Waals surface area contributed by atoms with Crippen molar-refractivity contribution in [2.24, 2.45) is 7.05 Å². The summed E-state index contributed by atoms with van der Waals surface area (Å²) in [6.45, 7) is 4.94. The molecule has 2 rings (SSSR count). The van der Waals surface area contributed by atoms with Gasteiger partial charge in [0, 0.05) is 19.5 Å². The summed E-state index contributed by atoms with van der Waals surface area (Å²) in [7, 11) is 1.69. The van der Waals surface area contributed by atoms with Crippen LogP contribution in [0.15, 0.2) is 0 Å². The lowest BCUT2D eigenvalue weighted by Crippen LogP contribution is -2.42. The van der Waals surface area contributed by atoms with Crippen LogP contribution < -0.4 is 4.90 Å². The van der Waals surface area contributed by atoms with Crippen molar-refractivity contribution in [3.8, 4) is 6.07 Å². The van der Waals surface area contributed by atoms with Crippen molar-refractivity contribution in [1.29, 1.82) is 5.26 Å². The average Bonchev–Trinajstić information content (AvgIpc) is 2.77. The summed E-state index contributed by atoms with van der Waals surface area (Å²) in [5, 5.41) is 24.6. The lowest BCUT2D eigenvalue weighted by molar-refractivity contribution is -0.385. The minimum absolute atomic E-state index is 0.0288. The molecule has 20 heavy (non-hydrogen) atoms. The van der Waals surface area contributed by atoms with E-state index in [1.807, 2.05) is 19.9 Å². The Morgan fingerprint density at radius 2 is 2.30 bits per heavy atom. The smallest absolute Gasteiger partial charge is 0.334 e. The van der Waals surface area contributed by atoms with E-state index in [0.29, 0.717) is 31.2 Å². The van der Waals surface area contributed by atoms with E-state index in [0.717, 1.165) is 0 Å². The highest BCUT2D eigenvalue weighted by atomic mass is 16.6. The van der Waals surface area contributed by atoms with E-state index in [4.69, 9.17) is 10.00 Å².